The Bertz CT molecular complexity index is 2470. The molecule has 10 nitrogen and oxygen atoms in total. The third-order valence-corrected chi connectivity index (χ3v) is 13.8. The van der Waals surface area contributed by atoms with Crippen LogP contribution in [0.25, 0.3) is 20.7 Å². The lowest BCUT2D eigenvalue weighted by Gasteiger charge is -2.49. The van der Waals surface area contributed by atoms with Crippen LogP contribution in [-0.4, -0.2) is 50.5 Å². The summed E-state index contributed by atoms with van der Waals surface area (Å²) in [6, 6.07) is 21.8. The van der Waals surface area contributed by atoms with E-state index in [1.165, 1.54) is 23.0 Å². The summed E-state index contributed by atoms with van der Waals surface area (Å²) in [6.07, 6.45) is 2.49. The summed E-state index contributed by atoms with van der Waals surface area (Å²) in [4.78, 5) is 61.7. The summed E-state index contributed by atoms with van der Waals surface area (Å²) in [7, 11) is 3.24. The van der Waals surface area contributed by atoms with Crippen molar-refractivity contribution in [2.24, 2.45) is 36.1 Å². The van der Waals surface area contributed by atoms with Crippen LogP contribution < -0.4 is 9.64 Å². The van der Waals surface area contributed by atoms with Crippen molar-refractivity contribution in [1.29, 1.82) is 0 Å². The molecule has 2 aliphatic carbocycles. The standard InChI is InChI=1S/C42H37ClN4O6S/c1-21-27-16-23(43)10-15-33(27)54-37(21)31-19-34(45(3)44-31)47-39(50)30-18-28-25(36(42(30,2)41(47)52)29-17-24(53-4)11-14-32(29)48)12-13-26-35(28)40(51)46(38(26)49)20-22-8-6-5-7-9-22/h5-12,14-17,19,26,28,30,35-36,48H,13,18,20H2,1-4H3/t26-,28+,30-,35-,36+,42+/m0/s1. The van der Waals surface area contributed by atoms with Gasteiger partial charge in [0, 0.05) is 34.3 Å². The van der Waals surface area contributed by atoms with Crippen molar-refractivity contribution in [3.05, 3.63) is 106 Å². The number of allylic oxidation sites excluding steroid dienone is 2. The highest BCUT2D eigenvalue weighted by Gasteiger charge is 2.68. The minimum Gasteiger partial charge on any atom is -0.508 e. The van der Waals surface area contributed by atoms with Gasteiger partial charge < -0.3 is 9.84 Å². The number of aromatic nitrogens is 2. The number of likely N-dealkylation sites (tertiary alicyclic amines) is 1. The maximum Gasteiger partial charge on any atom is 0.242 e. The first-order valence-electron chi connectivity index (χ1n) is 18.0. The zero-order valence-corrected chi connectivity index (χ0v) is 31.6. The number of methoxy groups -OCH3 is 1. The van der Waals surface area contributed by atoms with Crippen LogP contribution in [0.3, 0.4) is 0 Å². The Morgan fingerprint density at radius 2 is 1.76 bits per heavy atom. The van der Waals surface area contributed by atoms with E-state index in [-0.39, 0.29) is 30.5 Å². The molecular weight excluding hydrogens is 724 g/mol. The summed E-state index contributed by atoms with van der Waals surface area (Å²) in [5.41, 5.74) is 2.34. The number of fused-ring (bicyclic) bond motifs is 5. The van der Waals surface area contributed by atoms with Crippen LogP contribution in [-0.2, 0) is 32.8 Å². The topological polar surface area (TPSA) is 122 Å². The Morgan fingerprint density at radius 3 is 2.52 bits per heavy atom. The van der Waals surface area contributed by atoms with E-state index in [4.69, 9.17) is 21.4 Å². The number of benzene rings is 3. The highest BCUT2D eigenvalue weighted by molar-refractivity contribution is 7.22. The van der Waals surface area contributed by atoms with Crippen LogP contribution in [0.4, 0.5) is 5.82 Å². The Morgan fingerprint density at radius 1 is 0.981 bits per heavy atom. The number of imide groups is 2. The van der Waals surface area contributed by atoms with E-state index in [9.17, 15) is 19.5 Å². The van der Waals surface area contributed by atoms with Crippen molar-refractivity contribution in [1.82, 2.24) is 14.7 Å². The molecule has 2 saturated heterocycles. The van der Waals surface area contributed by atoms with Crippen LogP contribution in [0, 0.1) is 36.0 Å². The smallest absolute Gasteiger partial charge is 0.242 e. The predicted octanol–water partition coefficient (Wildman–Crippen LogP) is 7.41. The number of amides is 4. The molecule has 0 spiro atoms. The van der Waals surface area contributed by atoms with Crippen LogP contribution >= 0.6 is 22.9 Å². The average molecular weight is 761 g/mol. The number of nitrogens with zero attached hydrogens (tertiary/aromatic N) is 4. The zero-order chi connectivity index (χ0) is 37.8. The molecule has 3 aromatic carbocycles. The van der Waals surface area contributed by atoms with E-state index < -0.39 is 46.8 Å². The van der Waals surface area contributed by atoms with E-state index in [0.717, 1.165) is 31.7 Å². The lowest BCUT2D eigenvalue weighted by atomic mass is 9.51. The summed E-state index contributed by atoms with van der Waals surface area (Å²) >= 11 is 7.88. The number of carbonyl (C=O) groups is 4. The fourth-order valence-electron chi connectivity index (χ4n) is 9.67. The molecule has 12 heteroatoms. The predicted molar refractivity (Wildman–Crippen MR) is 205 cm³/mol. The Hall–Kier alpha value is -5.26. The molecule has 2 aromatic heterocycles. The maximum atomic E-state index is 15.1. The molecular formula is C42H37ClN4O6S. The molecule has 4 amide bonds. The molecule has 3 fully saturated rings. The average Bonchev–Trinajstić information content (AvgIpc) is 3.83. The molecule has 9 rings (SSSR count). The van der Waals surface area contributed by atoms with Crippen molar-refractivity contribution in [3.63, 3.8) is 0 Å². The van der Waals surface area contributed by atoms with Crippen molar-refractivity contribution in [2.75, 3.05) is 12.0 Å². The van der Waals surface area contributed by atoms with Gasteiger partial charge in [0.15, 0.2) is 0 Å². The number of phenols is 1. The third kappa shape index (κ3) is 4.87. The van der Waals surface area contributed by atoms with Crippen LogP contribution in [0.2, 0.25) is 5.02 Å². The molecule has 0 radical (unpaired) electrons. The van der Waals surface area contributed by atoms with E-state index >= 15 is 4.79 Å². The molecule has 274 valence electrons. The Kier molecular flexibility index (Phi) is 7.92. The highest BCUT2D eigenvalue weighted by atomic mass is 35.5. The molecule has 1 saturated carbocycles. The largest absolute Gasteiger partial charge is 0.508 e. The van der Waals surface area contributed by atoms with Gasteiger partial charge in [-0.2, -0.15) is 5.10 Å². The van der Waals surface area contributed by atoms with Gasteiger partial charge in [0.25, 0.3) is 0 Å². The maximum absolute atomic E-state index is 15.1. The van der Waals surface area contributed by atoms with Crippen LogP contribution in [0.5, 0.6) is 11.5 Å². The number of carbonyl (C=O) groups excluding carboxylic acids is 4. The van der Waals surface area contributed by atoms with Crippen molar-refractivity contribution in [2.45, 2.75) is 39.2 Å². The first-order valence-corrected chi connectivity index (χ1v) is 19.2. The quantitative estimate of drug-likeness (QED) is 0.141. The first kappa shape index (κ1) is 34.5. The molecule has 0 bridgehead atoms. The van der Waals surface area contributed by atoms with Gasteiger partial charge in [0.2, 0.25) is 23.6 Å². The van der Waals surface area contributed by atoms with Gasteiger partial charge in [-0.15, -0.1) is 11.3 Å². The van der Waals surface area contributed by atoms with Gasteiger partial charge in [-0.1, -0.05) is 53.6 Å². The molecule has 54 heavy (non-hydrogen) atoms. The molecule has 0 unspecified atom stereocenters. The summed E-state index contributed by atoms with van der Waals surface area (Å²) < 4.78 is 8.18. The SMILES string of the molecule is COc1ccc(O)c([C@H]2C3=CC[C@@H]4C(=O)N(Cc5ccccc5)C(=O)[C@@H]4[C@@H]3C[C@H]3C(=O)N(c4cc(-c5sc6ccc(Cl)cc6c5C)nn4C)C(=O)[C@@]23C)c1. The van der Waals surface area contributed by atoms with Gasteiger partial charge in [-0.25, -0.2) is 4.90 Å². The van der Waals surface area contributed by atoms with Crippen molar-refractivity contribution >= 4 is 62.5 Å². The van der Waals surface area contributed by atoms with Gasteiger partial charge in [-0.05, 0) is 85.5 Å². The fourth-order valence-corrected chi connectivity index (χ4v) is 11.0. The number of aryl methyl sites for hydroxylation is 2. The number of aromatic hydroxyl groups is 1. The molecule has 5 aromatic rings. The lowest BCUT2D eigenvalue weighted by Crippen LogP contribution is -2.49. The van der Waals surface area contributed by atoms with Gasteiger partial charge in [-0.3, -0.25) is 28.8 Å². The molecule has 4 heterocycles. The number of rotatable bonds is 6. The number of phenolic OH excluding ortho intramolecular Hbond substituents is 1. The van der Waals surface area contributed by atoms with Crippen molar-refractivity contribution in [3.8, 4) is 22.1 Å². The molecule has 2 aliphatic heterocycles. The summed E-state index contributed by atoms with van der Waals surface area (Å²) in [5, 5.41) is 17.9. The van der Waals surface area contributed by atoms with Crippen LogP contribution in [0.15, 0.2) is 84.4 Å². The van der Waals surface area contributed by atoms with Crippen LogP contribution in [0.1, 0.15) is 42.4 Å². The number of ether oxygens (including phenoxy) is 1. The summed E-state index contributed by atoms with van der Waals surface area (Å²) in [5.74, 6) is -4.00. The van der Waals surface area contributed by atoms with E-state index in [2.05, 4.69) is 0 Å². The number of thiophene rings is 1. The second-order valence-electron chi connectivity index (χ2n) is 15.0. The minimum absolute atomic E-state index is 0.0502. The number of hydrogen-bond acceptors (Lipinski definition) is 8. The number of halogens is 1. The second-order valence-corrected chi connectivity index (χ2v) is 16.5. The monoisotopic (exact) mass is 760 g/mol. The van der Waals surface area contributed by atoms with E-state index in [1.54, 1.807) is 48.2 Å². The van der Waals surface area contributed by atoms with E-state index in [1.807, 2.05) is 61.5 Å². The summed E-state index contributed by atoms with van der Waals surface area (Å²) in [6.45, 7) is 3.96. The highest BCUT2D eigenvalue weighted by Crippen LogP contribution is 2.64. The molecule has 6 atom stereocenters. The molecule has 1 N–H and O–H groups in total. The Balaban J connectivity index is 1.15. The number of hydrogen-bond donors (Lipinski definition) is 1. The van der Waals surface area contributed by atoms with Gasteiger partial charge in [0.1, 0.15) is 23.0 Å². The Labute approximate surface area is 320 Å². The normalized spacial score (nSPS) is 26.3. The van der Waals surface area contributed by atoms with Gasteiger partial charge in [0.05, 0.1) is 41.7 Å². The fraction of sp³-hybridized carbons (Fsp3) is 0.310. The van der Waals surface area contributed by atoms with Crippen molar-refractivity contribution < 1.29 is 29.0 Å². The molecule has 4 aliphatic rings. The number of anilines is 1. The third-order valence-electron chi connectivity index (χ3n) is 12.3. The second kappa shape index (κ2) is 12.4. The zero-order valence-electron chi connectivity index (χ0n) is 30.1. The minimum atomic E-state index is -1.35. The first-order chi connectivity index (χ1) is 25.9. The van der Waals surface area contributed by atoms with Gasteiger partial charge >= 0.3 is 0 Å². The lowest BCUT2D eigenvalue weighted by molar-refractivity contribution is -0.141. The van der Waals surface area contributed by atoms with E-state index in [0.29, 0.717) is 34.3 Å².